The van der Waals surface area contributed by atoms with E-state index in [1.807, 2.05) is 11.8 Å². The Bertz CT molecular complexity index is 140. The van der Waals surface area contributed by atoms with Crippen LogP contribution >= 0.6 is 11.8 Å². The van der Waals surface area contributed by atoms with E-state index in [4.69, 9.17) is 6.42 Å². The lowest BCUT2D eigenvalue weighted by atomic mass is 10.1. The lowest BCUT2D eigenvalue weighted by molar-refractivity contribution is 0.595. The van der Waals surface area contributed by atoms with Crippen molar-refractivity contribution < 1.29 is 0 Å². The first kappa shape index (κ1) is 13.9. The molecule has 0 saturated heterocycles. The normalized spacial score (nSPS) is 10.0. The molecule has 0 rings (SSSR count). The smallest absolute Gasteiger partial charge is 0.0545 e. The molecular weight excluding hydrogens is 190 g/mol. The van der Waals surface area contributed by atoms with Crippen molar-refractivity contribution in [2.45, 2.75) is 39.0 Å². The van der Waals surface area contributed by atoms with Gasteiger partial charge in [0.15, 0.2) is 0 Å². The van der Waals surface area contributed by atoms with Crippen LogP contribution in [0.3, 0.4) is 0 Å². The zero-order valence-electron chi connectivity index (χ0n) is 9.35. The highest BCUT2D eigenvalue weighted by Crippen LogP contribution is 2.01. The Balaban J connectivity index is 2.82. The molecule has 0 aliphatic heterocycles. The Kier molecular flexibility index (Phi) is 12.8. The summed E-state index contributed by atoms with van der Waals surface area (Å²) in [5.41, 5.74) is 0. The van der Waals surface area contributed by atoms with Gasteiger partial charge in [0, 0.05) is 12.3 Å². The van der Waals surface area contributed by atoms with Crippen molar-refractivity contribution >= 4 is 11.8 Å². The van der Waals surface area contributed by atoms with Crippen molar-refractivity contribution in [3.63, 3.8) is 0 Å². The summed E-state index contributed by atoms with van der Waals surface area (Å²) in [6.45, 7) is 4.52. The Morgan fingerprint density at radius 1 is 1.14 bits per heavy atom. The molecule has 0 aliphatic carbocycles. The van der Waals surface area contributed by atoms with E-state index < -0.39 is 0 Å². The summed E-state index contributed by atoms with van der Waals surface area (Å²) in [5, 5.41) is 3.43. The van der Waals surface area contributed by atoms with Crippen LogP contribution in [0, 0.1) is 12.3 Å². The second-order valence-corrected chi connectivity index (χ2v) is 4.53. The zero-order chi connectivity index (χ0) is 10.5. The Morgan fingerprint density at radius 3 is 2.64 bits per heavy atom. The lowest BCUT2D eigenvalue weighted by Gasteiger charge is -2.03. The van der Waals surface area contributed by atoms with Crippen LogP contribution in [0.4, 0.5) is 0 Å². The van der Waals surface area contributed by atoms with Crippen molar-refractivity contribution in [3.8, 4) is 12.3 Å². The zero-order valence-corrected chi connectivity index (χ0v) is 10.2. The van der Waals surface area contributed by atoms with Crippen LogP contribution in [0.5, 0.6) is 0 Å². The van der Waals surface area contributed by atoms with E-state index in [0.29, 0.717) is 0 Å². The molecular formula is C12H23NS. The monoisotopic (exact) mass is 213 g/mol. The molecule has 0 aromatic heterocycles. The highest BCUT2D eigenvalue weighted by Gasteiger charge is 1.89. The third-order valence-corrected chi connectivity index (χ3v) is 2.93. The van der Waals surface area contributed by atoms with Crippen LogP contribution in [0.15, 0.2) is 0 Å². The summed E-state index contributed by atoms with van der Waals surface area (Å²) >= 11 is 1.83. The molecule has 0 aliphatic rings. The fourth-order valence-electron chi connectivity index (χ4n) is 1.25. The van der Waals surface area contributed by atoms with Gasteiger partial charge in [-0.05, 0) is 13.0 Å². The number of hydrogen-bond acceptors (Lipinski definition) is 2. The van der Waals surface area contributed by atoms with Crippen molar-refractivity contribution in [2.75, 3.05) is 24.6 Å². The molecule has 0 fully saturated rings. The molecule has 0 heterocycles. The van der Waals surface area contributed by atoms with Crippen LogP contribution < -0.4 is 5.32 Å². The standard InChI is InChI=1S/C12H23NS/c1-3-5-6-7-8-9-13-10-12-14-11-4-2/h2,13H,3,5-12H2,1H3. The molecule has 0 saturated carbocycles. The van der Waals surface area contributed by atoms with E-state index in [1.165, 1.54) is 38.6 Å². The maximum Gasteiger partial charge on any atom is 0.0545 e. The number of thioether (sulfide) groups is 1. The highest BCUT2D eigenvalue weighted by molar-refractivity contribution is 7.99. The molecule has 1 nitrogen and oxygen atoms in total. The second-order valence-electron chi connectivity index (χ2n) is 3.42. The highest BCUT2D eigenvalue weighted by atomic mass is 32.2. The first-order valence-corrected chi connectivity index (χ1v) is 6.79. The van der Waals surface area contributed by atoms with Gasteiger partial charge in [-0.2, -0.15) is 0 Å². The lowest BCUT2D eigenvalue weighted by Crippen LogP contribution is -2.18. The van der Waals surface area contributed by atoms with E-state index in [1.54, 1.807) is 0 Å². The van der Waals surface area contributed by atoms with Gasteiger partial charge in [0.05, 0.1) is 5.75 Å². The van der Waals surface area contributed by atoms with Gasteiger partial charge >= 0.3 is 0 Å². The van der Waals surface area contributed by atoms with Crippen LogP contribution in [0.1, 0.15) is 39.0 Å². The first-order valence-electron chi connectivity index (χ1n) is 5.63. The Labute approximate surface area is 93.4 Å². The Morgan fingerprint density at radius 2 is 1.93 bits per heavy atom. The molecule has 0 unspecified atom stereocenters. The van der Waals surface area contributed by atoms with Crippen LogP contribution in [-0.4, -0.2) is 24.6 Å². The average Bonchev–Trinajstić information content (AvgIpc) is 2.21. The third-order valence-electron chi connectivity index (χ3n) is 2.07. The van der Waals surface area contributed by atoms with Gasteiger partial charge in [0.2, 0.25) is 0 Å². The molecule has 1 N–H and O–H groups in total. The topological polar surface area (TPSA) is 12.0 Å². The number of rotatable bonds is 10. The number of nitrogens with one attached hydrogen (secondary N) is 1. The molecule has 0 spiro atoms. The van der Waals surface area contributed by atoms with Gasteiger partial charge in [0.1, 0.15) is 0 Å². The van der Waals surface area contributed by atoms with E-state index in [0.717, 1.165) is 18.1 Å². The van der Waals surface area contributed by atoms with Gasteiger partial charge in [-0.3, -0.25) is 0 Å². The predicted molar refractivity (Wildman–Crippen MR) is 67.8 cm³/mol. The van der Waals surface area contributed by atoms with Gasteiger partial charge < -0.3 is 5.32 Å². The molecule has 14 heavy (non-hydrogen) atoms. The molecule has 2 heteroatoms. The van der Waals surface area contributed by atoms with E-state index in [2.05, 4.69) is 18.2 Å². The quantitative estimate of drug-likeness (QED) is 0.442. The maximum absolute atomic E-state index is 5.15. The minimum Gasteiger partial charge on any atom is -0.316 e. The molecule has 0 aromatic carbocycles. The minimum absolute atomic E-state index is 0.845. The SMILES string of the molecule is C#CCSCCNCCCCCCC. The van der Waals surface area contributed by atoms with Gasteiger partial charge in [0.25, 0.3) is 0 Å². The van der Waals surface area contributed by atoms with Crippen molar-refractivity contribution in [2.24, 2.45) is 0 Å². The largest absolute Gasteiger partial charge is 0.316 e. The van der Waals surface area contributed by atoms with E-state index in [-0.39, 0.29) is 0 Å². The average molecular weight is 213 g/mol. The molecule has 0 bridgehead atoms. The molecule has 0 amide bonds. The first-order chi connectivity index (χ1) is 6.91. The third kappa shape index (κ3) is 11.9. The van der Waals surface area contributed by atoms with Crippen molar-refractivity contribution in [1.82, 2.24) is 5.32 Å². The maximum atomic E-state index is 5.15. The number of unbranched alkanes of at least 4 members (excludes halogenated alkanes) is 4. The van der Waals surface area contributed by atoms with Crippen LogP contribution in [0.25, 0.3) is 0 Å². The predicted octanol–water partition coefficient (Wildman–Crippen LogP) is 2.91. The number of terminal acetylenes is 1. The van der Waals surface area contributed by atoms with E-state index in [9.17, 15) is 0 Å². The van der Waals surface area contributed by atoms with Crippen LogP contribution in [-0.2, 0) is 0 Å². The Hall–Kier alpha value is -0.130. The van der Waals surface area contributed by atoms with Crippen molar-refractivity contribution in [1.29, 1.82) is 0 Å². The fourth-order valence-corrected chi connectivity index (χ4v) is 1.80. The molecule has 0 aromatic rings. The van der Waals surface area contributed by atoms with Gasteiger partial charge in [-0.15, -0.1) is 18.2 Å². The van der Waals surface area contributed by atoms with E-state index >= 15 is 0 Å². The minimum atomic E-state index is 0.845. The van der Waals surface area contributed by atoms with Crippen LogP contribution in [0.2, 0.25) is 0 Å². The summed E-state index contributed by atoms with van der Waals surface area (Å²) in [5.74, 6) is 4.61. The molecule has 0 radical (unpaired) electrons. The van der Waals surface area contributed by atoms with Gasteiger partial charge in [-0.25, -0.2) is 0 Å². The molecule has 0 atom stereocenters. The summed E-state index contributed by atoms with van der Waals surface area (Å²) in [4.78, 5) is 0. The summed E-state index contributed by atoms with van der Waals surface area (Å²) < 4.78 is 0. The fraction of sp³-hybridized carbons (Fsp3) is 0.833. The summed E-state index contributed by atoms with van der Waals surface area (Å²) in [6, 6.07) is 0. The number of hydrogen-bond donors (Lipinski definition) is 1. The van der Waals surface area contributed by atoms with Gasteiger partial charge in [-0.1, -0.05) is 38.5 Å². The van der Waals surface area contributed by atoms with Crippen molar-refractivity contribution in [3.05, 3.63) is 0 Å². The molecule has 82 valence electrons. The second kappa shape index (κ2) is 12.9. The summed E-state index contributed by atoms with van der Waals surface area (Å²) in [6.07, 6.45) is 11.9. The summed E-state index contributed by atoms with van der Waals surface area (Å²) in [7, 11) is 0.